The highest BCUT2D eigenvalue weighted by atomic mass is 16.5. The van der Waals surface area contributed by atoms with Crippen molar-refractivity contribution in [1.29, 1.82) is 0 Å². The molecule has 0 bridgehead atoms. The zero-order chi connectivity index (χ0) is 78.8. The van der Waals surface area contributed by atoms with Crippen LogP contribution in [0.5, 0.6) is 11.5 Å². The van der Waals surface area contributed by atoms with Crippen LogP contribution in [0.15, 0.2) is 146 Å². The number of carboxylic acids is 1. The first-order chi connectivity index (χ1) is 53.8. The molecule has 2 fully saturated rings. The van der Waals surface area contributed by atoms with Gasteiger partial charge in [-0.3, -0.25) is 83.1 Å². The van der Waals surface area contributed by atoms with Gasteiger partial charge in [0.15, 0.2) is 13.2 Å². The molecule has 4 aliphatic rings. The summed E-state index contributed by atoms with van der Waals surface area (Å²) >= 11 is 0. The number of para-hydroxylation sites is 2. The minimum Gasteiger partial charge on any atom is -0.483 e. The van der Waals surface area contributed by atoms with Crippen molar-refractivity contribution in [2.75, 3.05) is 36.9 Å². The van der Waals surface area contributed by atoms with Gasteiger partial charge in [-0.05, 0) is 142 Å². The summed E-state index contributed by atoms with van der Waals surface area (Å²) in [4.78, 5) is 156. The van der Waals surface area contributed by atoms with Crippen LogP contribution in [0.4, 0.5) is 22.7 Å². The molecule has 27 nitrogen and oxygen atoms in total. The van der Waals surface area contributed by atoms with Crippen LogP contribution in [0.2, 0.25) is 0 Å². The van der Waals surface area contributed by atoms with E-state index in [1.54, 1.807) is 12.3 Å². The van der Waals surface area contributed by atoms with Crippen molar-refractivity contribution < 1.29 is 72.1 Å². The lowest BCUT2D eigenvalue weighted by atomic mass is 10.0. The predicted octanol–water partition coefficient (Wildman–Crippen LogP) is 11.4. The molecule has 11 amide bonds. The van der Waals surface area contributed by atoms with E-state index in [1.807, 2.05) is 72.8 Å². The number of primary amides is 2. The Labute approximate surface area is 642 Å². The van der Waals surface area contributed by atoms with Gasteiger partial charge in [0, 0.05) is 53.9 Å². The Morgan fingerprint density at radius 3 is 1.26 bits per heavy atom. The molecular weight excluding hydrogens is 1420 g/mol. The predicted molar refractivity (Wildman–Crippen MR) is 417 cm³/mol. The number of pyridine rings is 2. The quantitative estimate of drug-likeness (QED) is 0.0129. The summed E-state index contributed by atoms with van der Waals surface area (Å²) in [5.74, 6) is -7.55. The number of unbranched alkanes of at least 4 members (excludes halogenated alkanes) is 16. The number of rotatable bonds is 37. The zero-order valence-corrected chi connectivity index (χ0v) is 62.0. The van der Waals surface area contributed by atoms with E-state index in [-0.39, 0.29) is 72.0 Å². The number of hydrogen-bond donors (Lipinski definition) is 9. The summed E-state index contributed by atoms with van der Waals surface area (Å²) in [7, 11) is 0. The second-order valence-corrected chi connectivity index (χ2v) is 27.7. The van der Waals surface area contributed by atoms with E-state index >= 15 is 0 Å². The Morgan fingerprint density at radius 1 is 0.468 bits per heavy atom. The number of carboxylic acid groups (broad SMARTS) is 1. The van der Waals surface area contributed by atoms with E-state index in [0.29, 0.717) is 23.4 Å². The topological polar surface area (TPSA) is 414 Å². The number of benzene rings is 6. The van der Waals surface area contributed by atoms with Gasteiger partial charge in [0.05, 0.1) is 55.8 Å². The normalized spacial score (nSPS) is 15.0. The van der Waals surface area contributed by atoms with Gasteiger partial charge in [-0.25, -0.2) is 4.79 Å². The van der Waals surface area contributed by atoms with Crippen molar-refractivity contribution in [3.05, 3.63) is 190 Å². The third-order valence-electron chi connectivity index (χ3n) is 19.7. The van der Waals surface area contributed by atoms with Crippen molar-refractivity contribution in [1.82, 2.24) is 35.7 Å². The standard InChI is InChI=1S/C42H46N6O7.C27H36N4O.C15H12N2O7/c43-39(51)31-25-45-32-20-19-27(24-30(32)38(31)46-28-15-10-8-11-16-28)14-9-6-4-2-1-3-5-7-12-23-44-36(50)26-55-34-18-13-17-29-37(34)42(54)48(41(29)53)33-21-22-35(49)47-40(33)52;28-18-12-7-5-3-1-2-4-6-9-13-21-16-17-25-23(19-21)26(24(20-30-25)27(29)32)31-22-14-10-8-11-15-22;18-10-5-4-8(13(21)16-10)17-14(22)7-2-1-3-9(12(7)15(17)23)24-6-11(19)20/h8,10-11,13,15-20,24-25,33H,1-7,9,12,14,21-23,26H2,(H2,43,51)(H,44,50)(H,45,46)(H,47,49,52);8,10-11,14-17,19-20H,1-7,9,12-13,18,28H2,(H2,29,32)(H,30,31);1-3,8H,4-6H2,(H,19,20)(H,16,18,21). The number of amides is 11. The van der Waals surface area contributed by atoms with Crippen LogP contribution in [0.25, 0.3) is 21.8 Å². The number of fused-ring (bicyclic) bond motifs is 4. The number of piperidine rings is 2. The number of nitrogens with two attached hydrogens (primary N) is 3. The number of aryl methyl sites for hydroxylation is 2. The number of ether oxygens (including phenoxy) is 2. The lowest BCUT2D eigenvalue weighted by Gasteiger charge is -2.27. The van der Waals surface area contributed by atoms with Crippen LogP contribution < -0.4 is 53.3 Å². The smallest absolute Gasteiger partial charge is 0.341 e. The molecule has 12 N–H and O–H groups in total. The SMILES string of the molecule is NC(=O)c1cnc2ccc(CCCCCCCCCCCNC(=O)COc3cccc4c3C(=O)N(C3CCC(=O)NC3=O)C4=O)cc2c1Nc1ccccc1.NCCCCCCCCCCCc1ccc2ncc(C(N)=O)c(Nc3ccccc3)c2c1.O=C(O)COc1cccc2c1C(=O)N(C1CCC(=O)NC1=O)C2=O. The second-order valence-electron chi connectivity index (χ2n) is 27.7. The first-order valence-electron chi connectivity index (χ1n) is 38.0. The summed E-state index contributed by atoms with van der Waals surface area (Å²) in [5.41, 5.74) is 25.0. The number of nitrogens with one attached hydrogen (secondary N) is 5. The molecule has 111 heavy (non-hydrogen) atoms. The Hall–Kier alpha value is -12.3. The van der Waals surface area contributed by atoms with Gasteiger partial charge in [0.2, 0.25) is 23.6 Å². The monoisotopic (exact) mass is 1510 g/mol. The molecule has 580 valence electrons. The molecule has 27 heteroatoms. The van der Waals surface area contributed by atoms with Crippen LogP contribution in [0.1, 0.15) is 215 Å². The van der Waals surface area contributed by atoms with Crippen LogP contribution in [0.3, 0.4) is 0 Å². The maximum absolute atomic E-state index is 13.2. The molecule has 0 spiro atoms. The molecular formula is C84H94N12O15. The van der Waals surface area contributed by atoms with Crippen molar-refractivity contribution >= 4 is 116 Å². The van der Waals surface area contributed by atoms with Crippen molar-refractivity contribution in [2.24, 2.45) is 17.2 Å². The average Bonchev–Trinajstić information content (AvgIpc) is 1.62. The number of carbonyl (C=O) groups excluding carboxylic acids is 11. The summed E-state index contributed by atoms with van der Waals surface area (Å²) in [6.45, 7) is 0.334. The van der Waals surface area contributed by atoms with E-state index < -0.39 is 83.7 Å². The maximum atomic E-state index is 13.2. The van der Waals surface area contributed by atoms with Gasteiger partial charge < -0.3 is 47.7 Å². The number of aromatic nitrogens is 2. The van der Waals surface area contributed by atoms with Gasteiger partial charge in [0.25, 0.3) is 41.4 Å². The molecule has 4 aliphatic heterocycles. The Bertz CT molecular complexity index is 4750. The van der Waals surface area contributed by atoms with Crippen molar-refractivity contribution in [2.45, 2.75) is 166 Å². The van der Waals surface area contributed by atoms with E-state index in [4.69, 9.17) is 31.8 Å². The molecule has 0 aliphatic carbocycles. The van der Waals surface area contributed by atoms with Crippen molar-refractivity contribution in [3.8, 4) is 11.5 Å². The Morgan fingerprint density at radius 2 is 0.865 bits per heavy atom. The molecule has 12 rings (SSSR count). The maximum Gasteiger partial charge on any atom is 0.341 e. The van der Waals surface area contributed by atoms with E-state index in [1.165, 1.54) is 105 Å². The van der Waals surface area contributed by atoms with Crippen LogP contribution in [-0.2, 0) is 41.6 Å². The van der Waals surface area contributed by atoms with Gasteiger partial charge in [0.1, 0.15) is 23.6 Å². The minimum absolute atomic E-state index is 0.0140. The molecule has 2 saturated heterocycles. The summed E-state index contributed by atoms with van der Waals surface area (Å²) in [6, 6.07) is 38.7. The van der Waals surface area contributed by atoms with E-state index in [9.17, 15) is 57.5 Å². The first kappa shape index (κ1) is 81.3. The molecule has 2 unspecified atom stereocenters. The average molecular weight is 1510 g/mol. The minimum atomic E-state index is -1.23. The molecule has 0 radical (unpaired) electrons. The number of hydrogen-bond acceptors (Lipinski definition) is 19. The third-order valence-corrected chi connectivity index (χ3v) is 19.7. The summed E-state index contributed by atoms with van der Waals surface area (Å²) < 4.78 is 10.7. The fraction of sp³-hybridized carbons (Fsp3) is 0.357. The van der Waals surface area contributed by atoms with Crippen LogP contribution >= 0.6 is 0 Å². The van der Waals surface area contributed by atoms with Gasteiger partial charge in [-0.15, -0.1) is 0 Å². The van der Waals surface area contributed by atoms with Crippen molar-refractivity contribution in [3.63, 3.8) is 0 Å². The number of anilines is 4. The Kier molecular flexibility index (Phi) is 29.5. The highest BCUT2D eigenvalue weighted by molar-refractivity contribution is 6.26. The van der Waals surface area contributed by atoms with Crippen LogP contribution in [0, 0.1) is 0 Å². The van der Waals surface area contributed by atoms with E-state index in [2.05, 4.69) is 60.8 Å². The molecule has 8 aromatic rings. The lowest BCUT2D eigenvalue weighted by Crippen LogP contribution is -2.54. The molecule has 6 heterocycles. The van der Waals surface area contributed by atoms with Crippen LogP contribution in [-0.4, -0.2) is 134 Å². The van der Waals surface area contributed by atoms with Gasteiger partial charge >= 0.3 is 5.97 Å². The van der Waals surface area contributed by atoms with E-state index in [0.717, 1.165) is 126 Å². The fourth-order valence-corrected chi connectivity index (χ4v) is 13.9. The zero-order valence-electron chi connectivity index (χ0n) is 62.0. The number of carbonyl (C=O) groups is 12. The summed E-state index contributed by atoms with van der Waals surface area (Å²) in [5, 5.41) is 24.4. The third kappa shape index (κ3) is 21.8. The first-order valence-corrected chi connectivity index (χ1v) is 38.0. The van der Waals surface area contributed by atoms with Gasteiger partial charge in [-0.2, -0.15) is 0 Å². The largest absolute Gasteiger partial charge is 0.483 e. The Balaban J connectivity index is 0.000000196. The highest BCUT2D eigenvalue weighted by Gasteiger charge is 2.48. The second kappa shape index (κ2) is 40.3. The number of aliphatic carboxylic acids is 1. The highest BCUT2D eigenvalue weighted by Crippen LogP contribution is 2.37. The molecule has 6 aromatic carbocycles. The molecule has 2 aromatic heterocycles. The van der Waals surface area contributed by atoms with Gasteiger partial charge in [-0.1, -0.05) is 151 Å². The lowest BCUT2D eigenvalue weighted by molar-refractivity contribution is -0.139. The fourth-order valence-electron chi connectivity index (χ4n) is 13.9. The number of imide groups is 4. The molecule has 0 saturated carbocycles. The summed E-state index contributed by atoms with van der Waals surface area (Å²) in [6.07, 6.45) is 26.4. The number of nitrogens with zero attached hydrogens (tertiary/aromatic N) is 4. The molecule has 2 atom stereocenters.